The second-order valence-corrected chi connectivity index (χ2v) is 3.19. The van der Waals surface area contributed by atoms with Gasteiger partial charge < -0.3 is 9.47 Å². The van der Waals surface area contributed by atoms with E-state index in [9.17, 15) is 9.18 Å². The van der Waals surface area contributed by atoms with Gasteiger partial charge in [-0.1, -0.05) is 0 Å². The van der Waals surface area contributed by atoms with Gasteiger partial charge in [0.25, 0.3) is 0 Å². The van der Waals surface area contributed by atoms with E-state index in [-0.39, 0.29) is 24.7 Å². The minimum atomic E-state index is -0.476. The van der Waals surface area contributed by atoms with E-state index in [4.69, 9.17) is 9.47 Å². The van der Waals surface area contributed by atoms with Crippen molar-refractivity contribution in [2.75, 3.05) is 6.79 Å². The Hall–Kier alpha value is -1.58. The third kappa shape index (κ3) is 1.55. The highest BCUT2D eigenvalue weighted by molar-refractivity contribution is 5.78. The molecule has 1 heterocycles. The number of carbonyl (C=O) groups is 1. The van der Waals surface area contributed by atoms with Crippen LogP contribution < -0.4 is 9.47 Å². The van der Waals surface area contributed by atoms with E-state index in [0.29, 0.717) is 11.3 Å². The molecule has 0 N–H and O–H groups in total. The number of halogens is 1. The first-order valence-electron chi connectivity index (χ1n) is 4.24. The Morgan fingerprint density at radius 2 is 2.29 bits per heavy atom. The Morgan fingerprint density at radius 1 is 1.50 bits per heavy atom. The summed E-state index contributed by atoms with van der Waals surface area (Å²) in [6.07, 6.45) is 0.216. The SMILES string of the molecule is CC(=O)Cc1cc(F)c2c(c1)OCO2. The molecule has 0 atom stereocenters. The maximum Gasteiger partial charge on any atom is 0.231 e. The van der Waals surface area contributed by atoms with Gasteiger partial charge in [-0.3, -0.25) is 4.79 Å². The highest BCUT2D eigenvalue weighted by atomic mass is 19.1. The number of ether oxygens (including phenoxy) is 2. The summed E-state index contributed by atoms with van der Waals surface area (Å²) in [6.45, 7) is 1.50. The molecule has 0 aromatic heterocycles. The third-order valence-electron chi connectivity index (χ3n) is 1.94. The van der Waals surface area contributed by atoms with Crippen molar-refractivity contribution in [2.24, 2.45) is 0 Å². The first-order chi connectivity index (χ1) is 6.66. The van der Waals surface area contributed by atoms with Gasteiger partial charge in [-0.25, -0.2) is 4.39 Å². The lowest BCUT2D eigenvalue weighted by Gasteiger charge is -2.01. The fourth-order valence-corrected chi connectivity index (χ4v) is 1.41. The predicted octanol–water partition coefficient (Wildman–Crippen LogP) is 1.69. The molecule has 1 aliphatic rings. The molecule has 0 bridgehead atoms. The van der Waals surface area contributed by atoms with Gasteiger partial charge in [0.1, 0.15) is 5.78 Å². The molecule has 0 saturated heterocycles. The van der Waals surface area contributed by atoms with Crippen molar-refractivity contribution in [1.82, 2.24) is 0 Å². The molecule has 4 heteroatoms. The largest absolute Gasteiger partial charge is 0.453 e. The third-order valence-corrected chi connectivity index (χ3v) is 1.94. The molecule has 74 valence electrons. The van der Waals surface area contributed by atoms with Crippen LogP contribution in [0.3, 0.4) is 0 Å². The minimum Gasteiger partial charge on any atom is -0.453 e. The normalized spacial score (nSPS) is 13.0. The fraction of sp³-hybridized carbons (Fsp3) is 0.300. The van der Waals surface area contributed by atoms with Crippen LogP contribution in [0.25, 0.3) is 0 Å². The van der Waals surface area contributed by atoms with Gasteiger partial charge in [0.15, 0.2) is 11.6 Å². The quantitative estimate of drug-likeness (QED) is 0.722. The number of Topliss-reactive ketones (excluding diaryl/α,β-unsaturated/α-hetero) is 1. The molecule has 0 spiro atoms. The smallest absolute Gasteiger partial charge is 0.231 e. The summed E-state index contributed by atoms with van der Waals surface area (Å²) < 4.78 is 23.2. The number of ketones is 1. The fourth-order valence-electron chi connectivity index (χ4n) is 1.41. The van der Waals surface area contributed by atoms with Crippen molar-refractivity contribution in [2.45, 2.75) is 13.3 Å². The molecule has 3 nitrogen and oxygen atoms in total. The summed E-state index contributed by atoms with van der Waals surface area (Å²) in [6, 6.07) is 2.93. The van der Waals surface area contributed by atoms with Crippen LogP contribution in [0.1, 0.15) is 12.5 Å². The van der Waals surface area contributed by atoms with Crippen molar-refractivity contribution in [3.05, 3.63) is 23.5 Å². The molecule has 1 aromatic carbocycles. The Labute approximate surface area is 80.4 Å². The summed E-state index contributed by atoms with van der Waals surface area (Å²) in [7, 11) is 0. The Bertz CT molecular complexity index is 387. The number of rotatable bonds is 2. The molecular formula is C10H9FO3. The number of hydrogen-bond donors (Lipinski definition) is 0. The van der Waals surface area contributed by atoms with E-state index in [1.807, 2.05) is 0 Å². The van der Waals surface area contributed by atoms with Crippen LogP contribution in [0, 0.1) is 5.82 Å². The maximum atomic E-state index is 13.3. The zero-order valence-corrected chi connectivity index (χ0v) is 7.67. The Balaban J connectivity index is 2.36. The topological polar surface area (TPSA) is 35.5 Å². The van der Waals surface area contributed by atoms with E-state index in [0.717, 1.165) is 0 Å². The predicted molar refractivity (Wildman–Crippen MR) is 46.9 cm³/mol. The number of carbonyl (C=O) groups excluding carboxylic acids is 1. The van der Waals surface area contributed by atoms with Gasteiger partial charge in [0, 0.05) is 6.42 Å². The molecule has 0 saturated carbocycles. The van der Waals surface area contributed by atoms with Crippen LogP contribution in [-0.4, -0.2) is 12.6 Å². The van der Waals surface area contributed by atoms with Crippen LogP contribution in [0.2, 0.25) is 0 Å². The van der Waals surface area contributed by atoms with E-state index in [2.05, 4.69) is 0 Å². The molecule has 0 unspecified atom stereocenters. The van der Waals surface area contributed by atoms with Crippen molar-refractivity contribution < 1.29 is 18.7 Å². The molecular weight excluding hydrogens is 187 g/mol. The van der Waals surface area contributed by atoms with E-state index < -0.39 is 5.82 Å². The zero-order valence-electron chi connectivity index (χ0n) is 7.67. The summed E-state index contributed by atoms with van der Waals surface area (Å²) >= 11 is 0. The lowest BCUT2D eigenvalue weighted by molar-refractivity contribution is -0.116. The highest BCUT2D eigenvalue weighted by Crippen LogP contribution is 2.35. The Morgan fingerprint density at radius 3 is 3.00 bits per heavy atom. The molecule has 0 amide bonds. The van der Waals surface area contributed by atoms with Crippen LogP contribution >= 0.6 is 0 Å². The summed E-state index contributed by atoms with van der Waals surface area (Å²) in [5, 5.41) is 0. The number of fused-ring (bicyclic) bond motifs is 1. The maximum absolute atomic E-state index is 13.3. The molecule has 2 rings (SSSR count). The molecule has 0 fully saturated rings. The monoisotopic (exact) mass is 196 g/mol. The first kappa shape index (κ1) is 8.99. The Kier molecular flexibility index (Phi) is 2.11. The average Bonchev–Trinajstić information content (AvgIpc) is 2.50. The van der Waals surface area contributed by atoms with E-state index in [1.165, 1.54) is 13.0 Å². The second-order valence-electron chi connectivity index (χ2n) is 3.19. The molecule has 0 radical (unpaired) electrons. The van der Waals surface area contributed by atoms with Crippen molar-refractivity contribution in [3.63, 3.8) is 0 Å². The van der Waals surface area contributed by atoms with Crippen molar-refractivity contribution in [1.29, 1.82) is 0 Å². The molecule has 1 aromatic rings. The van der Waals surface area contributed by atoms with Gasteiger partial charge in [-0.2, -0.15) is 0 Å². The summed E-state index contributed by atoms with van der Waals surface area (Å²) in [5.41, 5.74) is 0.610. The van der Waals surface area contributed by atoms with E-state index in [1.54, 1.807) is 6.07 Å². The second kappa shape index (κ2) is 3.29. The molecule has 14 heavy (non-hydrogen) atoms. The standard InChI is InChI=1S/C10H9FO3/c1-6(12)2-7-3-8(11)10-9(4-7)13-5-14-10/h3-4H,2,5H2,1H3. The van der Waals surface area contributed by atoms with Crippen molar-refractivity contribution in [3.8, 4) is 11.5 Å². The van der Waals surface area contributed by atoms with E-state index >= 15 is 0 Å². The summed E-state index contributed by atoms with van der Waals surface area (Å²) in [4.78, 5) is 10.8. The van der Waals surface area contributed by atoms with Crippen molar-refractivity contribution >= 4 is 5.78 Å². The van der Waals surface area contributed by atoms with Crippen LogP contribution in [0.5, 0.6) is 11.5 Å². The van der Waals surface area contributed by atoms with Gasteiger partial charge in [-0.15, -0.1) is 0 Å². The van der Waals surface area contributed by atoms with Gasteiger partial charge in [0.2, 0.25) is 12.5 Å². The number of benzene rings is 1. The van der Waals surface area contributed by atoms with Crippen LogP contribution in [0.15, 0.2) is 12.1 Å². The van der Waals surface area contributed by atoms with Crippen LogP contribution in [-0.2, 0) is 11.2 Å². The van der Waals surface area contributed by atoms with Crippen LogP contribution in [0.4, 0.5) is 4.39 Å². The minimum absolute atomic E-state index is 0.0109. The number of hydrogen-bond acceptors (Lipinski definition) is 3. The van der Waals surface area contributed by atoms with Gasteiger partial charge >= 0.3 is 0 Å². The lowest BCUT2D eigenvalue weighted by Crippen LogP contribution is -1.97. The average molecular weight is 196 g/mol. The first-order valence-corrected chi connectivity index (χ1v) is 4.24. The highest BCUT2D eigenvalue weighted by Gasteiger charge is 2.19. The van der Waals surface area contributed by atoms with Gasteiger partial charge in [0.05, 0.1) is 0 Å². The zero-order chi connectivity index (χ0) is 10.1. The van der Waals surface area contributed by atoms with Gasteiger partial charge in [-0.05, 0) is 24.6 Å². The summed E-state index contributed by atoms with van der Waals surface area (Å²) in [5.74, 6) is 0.0260. The lowest BCUT2D eigenvalue weighted by atomic mass is 10.1. The molecule has 0 aliphatic carbocycles. The molecule has 1 aliphatic heterocycles.